The predicted molar refractivity (Wildman–Crippen MR) is 54.1 cm³/mol. The lowest BCUT2D eigenvalue weighted by molar-refractivity contribution is 0.0475. The molecule has 0 aromatic carbocycles. The second-order valence-electron chi connectivity index (χ2n) is 3.80. The number of carbonyl (C=O) groups is 1. The highest BCUT2D eigenvalue weighted by Crippen LogP contribution is 2.19. The van der Waals surface area contributed by atoms with Crippen molar-refractivity contribution < 1.29 is 14.3 Å². The number of rotatable bonds is 1. The van der Waals surface area contributed by atoms with Gasteiger partial charge in [-0.1, -0.05) is 13.0 Å². The number of ether oxygens (including phenoxy) is 2. The third kappa shape index (κ3) is 3.81. The third-order valence-corrected chi connectivity index (χ3v) is 2.54. The van der Waals surface area contributed by atoms with Gasteiger partial charge in [-0.25, -0.2) is 4.79 Å². The molecule has 0 N–H and O–H groups in total. The highest BCUT2D eigenvalue weighted by atomic mass is 16.7. The van der Waals surface area contributed by atoms with Crippen molar-refractivity contribution in [3.63, 3.8) is 0 Å². The molecule has 3 heteroatoms. The molecule has 0 radical (unpaired) electrons. The number of carbonyl (C=O) groups excluding carboxylic acids is 1. The van der Waals surface area contributed by atoms with Gasteiger partial charge in [0.15, 0.2) is 0 Å². The summed E-state index contributed by atoms with van der Waals surface area (Å²) in [4.78, 5) is 10.9. The van der Waals surface area contributed by atoms with Crippen molar-refractivity contribution in [1.82, 2.24) is 0 Å². The molecule has 0 amide bonds. The smallest absolute Gasteiger partial charge is 0.438 e. The number of methoxy groups -OCH3 is 1. The van der Waals surface area contributed by atoms with E-state index < -0.39 is 6.16 Å². The SMILES string of the molecule is COC(=O)OC1/C=C/CCC(C)CC1. The van der Waals surface area contributed by atoms with Crippen LogP contribution in [0.25, 0.3) is 0 Å². The summed E-state index contributed by atoms with van der Waals surface area (Å²) in [6.45, 7) is 2.23. The van der Waals surface area contributed by atoms with E-state index in [4.69, 9.17) is 4.74 Å². The van der Waals surface area contributed by atoms with Gasteiger partial charge in [0.25, 0.3) is 0 Å². The molecule has 2 unspecified atom stereocenters. The first-order valence-corrected chi connectivity index (χ1v) is 5.13. The fourth-order valence-electron chi connectivity index (χ4n) is 1.59. The molecular weight excluding hydrogens is 180 g/mol. The van der Waals surface area contributed by atoms with Gasteiger partial charge in [-0.15, -0.1) is 0 Å². The Labute approximate surface area is 85.1 Å². The number of hydrogen-bond donors (Lipinski definition) is 0. The molecule has 1 aliphatic rings. The Kier molecular flexibility index (Phi) is 4.50. The summed E-state index contributed by atoms with van der Waals surface area (Å²) in [5.41, 5.74) is 0. The van der Waals surface area contributed by atoms with Crippen LogP contribution in [0.5, 0.6) is 0 Å². The number of allylic oxidation sites excluding steroid dienone is 1. The van der Waals surface area contributed by atoms with Gasteiger partial charge in [-0.05, 0) is 37.7 Å². The van der Waals surface area contributed by atoms with E-state index in [0.29, 0.717) is 5.92 Å². The molecule has 14 heavy (non-hydrogen) atoms. The minimum Gasteiger partial charge on any atom is -0.438 e. The van der Waals surface area contributed by atoms with Crippen molar-refractivity contribution in [2.45, 2.75) is 38.7 Å². The molecule has 80 valence electrons. The molecule has 0 bridgehead atoms. The van der Waals surface area contributed by atoms with Gasteiger partial charge >= 0.3 is 6.16 Å². The van der Waals surface area contributed by atoms with Crippen molar-refractivity contribution in [1.29, 1.82) is 0 Å². The predicted octanol–water partition coefficient (Wildman–Crippen LogP) is 2.90. The highest BCUT2D eigenvalue weighted by molar-refractivity contribution is 5.60. The molecule has 2 atom stereocenters. The quantitative estimate of drug-likeness (QED) is 0.480. The summed E-state index contributed by atoms with van der Waals surface area (Å²) in [6, 6.07) is 0. The zero-order valence-corrected chi connectivity index (χ0v) is 8.86. The maximum absolute atomic E-state index is 10.9. The molecule has 0 aromatic rings. The van der Waals surface area contributed by atoms with Gasteiger partial charge in [-0.3, -0.25) is 0 Å². The number of hydrogen-bond acceptors (Lipinski definition) is 3. The van der Waals surface area contributed by atoms with Crippen LogP contribution >= 0.6 is 0 Å². The minimum atomic E-state index is -0.590. The van der Waals surface area contributed by atoms with E-state index >= 15 is 0 Å². The maximum atomic E-state index is 10.9. The van der Waals surface area contributed by atoms with Crippen LogP contribution in [0.2, 0.25) is 0 Å². The molecule has 0 aromatic heterocycles. The Hall–Kier alpha value is -0.990. The van der Waals surface area contributed by atoms with Gasteiger partial charge in [-0.2, -0.15) is 0 Å². The fourth-order valence-corrected chi connectivity index (χ4v) is 1.59. The van der Waals surface area contributed by atoms with Crippen LogP contribution in [-0.4, -0.2) is 19.4 Å². The lowest BCUT2D eigenvalue weighted by atomic mass is 9.95. The van der Waals surface area contributed by atoms with E-state index in [-0.39, 0.29) is 6.10 Å². The van der Waals surface area contributed by atoms with Crippen LogP contribution < -0.4 is 0 Å². The van der Waals surface area contributed by atoms with E-state index in [1.54, 1.807) is 0 Å². The molecule has 3 nitrogen and oxygen atoms in total. The average Bonchev–Trinajstić information content (AvgIpc) is 2.16. The van der Waals surface area contributed by atoms with Crippen molar-refractivity contribution in [3.05, 3.63) is 12.2 Å². The fraction of sp³-hybridized carbons (Fsp3) is 0.727. The van der Waals surface area contributed by atoms with Gasteiger partial charge < -0.3 is 9.47 Å². The lowest BCUT2D eigenvalue weighted by Gasteiger charge is -2.18. The molecule has 1 aliphatic carbocycles. The summed E-state index contributed by atoms with van der Waals surface area (Å²) in [5.74, 6) is 0.712. The average molecular weight is 198 g/mol. The van der Waals surface area contributed by atoms with Crippen LogP contribution in [0, 0.1) is 5.92 Å². The summed E-state index contributed by atoms with van der Waals surface area (Å²) < 4.78 is 9.53. The molecular formula is C11H18O3. The molecule has 0 fully saturated rings. The summed E-state index contributed by atoms with van der Waals surface area (Å²) in [7, 11) is 1.33. The zero-order valence-electron chi connectivity index (χ0n) is 8.86. The van der Waals surface area contributed by atoms with Crippen molar-refractivity contribution in [2.75, 3.05) is 7.11 Å². The maximum Gasteiger partial charge on any atom is 0.508 e. The van der Waals surface area contributed by atoms with Crippen LogP contribution in [0.3, 0.4) is 0 Å². The molecule has 0 heterocycles. The first kappa shape index (κ1) is 11.1. The molecule has 0 saturated heterocycles. The van der Waals surface area contributed by atoms with Gasteiger partial charge in [0.2, 0.25) is 0 Å². The standard InChI is InChI=1S/C11H18O3/c1-9-5-3-4-6-10(8-7-9)14-11(12)13-2/h4,6,9-10H,3,5,7-8H2,1-2H3/b6-4+. The second-order valence-corrected chi connectivity index (χ2v) is 3.80. The van der Waals surface area contributed by atoms with Crippen LogP contribution in [-0.2, 0) is 9.47 Å². The van der Waals surface area contributed by atoms with Crippen LogP contribution in [0.15, 0.2) is 12.2 Å². The molecule has 0 saturated carbocycles. The first-order chi connectivity index (χ1) is 6.72. The van der Waals surface area contributed by atoms with E-state index in [1.807, 2.05) is 6.08 Å². The van der Waals surface area contributed by atoms with E-state index in [9.17, 15) is 4.79 Å². The van der Waals surface area contributed by atoms with Crippen molar-refractivity contribution in [2.24, 2.45) is 5.92 Å². The zero-order chi connectivity index (χ0) is 10.4. The summed E-state index contributed by atoms with van der Waals surface area (Å²) in [6.07, 6.45) is 7.65. The lowest BCUT2D eigenvalue weighted by Crippen LogP contribution is -2.18. The Balaban J connectivity index is 2.42. The van der Waals surface area contributed by atoms with Gasteiger partial charge in [0.05, 0.1) is 7.11 Å². The summed E-state index contributed by atoms with van der Waals surface area (Å²) >= 11 is 0. The van der Waals surface area contributed by atoms with E-state index in [1.165, 1.54) is 13.5 Å². The molecule has 1 rings (SSSR count). The second kappa shape index (κ2) is 5.68. The van der Waals surface area contributed by atoms with Crippen molar-refractivity contribution in [3.8, 4) is 0 Å². The molecule has 0 aliphatic heterocycles. The monoisotopic (exact) mass is 198 g/mol. The normalized spacial score (nSPS) is 29.9. The van der Waals surface area contributed by atoms with E-state index in [2.05, 4.69) is 17.7 Å². The minimum absolute atomic E-state index is 0.106. The molecule has 0 spiro atoms. The van der Waals surface area contributed by atoms with Gasteiger partial charge in [0.1, 0.15) is 6.10 Å². The highest BCUT2D eigenvalue weighted by Gasteiger charge is 2.14. The Morgan fingerprint density at radius 2 is 2.14 bits per heavy atom. The Morgan fingerprint density at radius 1 is 1.36 bits per heavy atom. The van der Waals surface area contributed by atoms with Crippen molar-refractivity contribution >= 4 is 6.16 Å². The van der Waals surface area contributed by atoms with E-state index in [0.717, 1.165) is 19.3 Å². The van der Waals surface area contributed by atoms with Crippen LogP contribution in [0.4, 0.5) is 4.79 Å². The Bertz CT molecular complexity index is 211. The topological polar surface area (TPSA) is 35.5 Å². The third-order valence-electron chi connectivity index (χ3n) is 2.54. The van der Waals surface area contributed by atoms with Gasteiger partial charge in [0, 0.05) is 0 Å². The summed E-state index contributed by atoms with van der Waals surface area (Å²) in [5, 5.41) is 0. The Morgan fingerprint density at radius 3 is 2.86 bits per heavy atom. The van der Waals surface area contributed by atoms with Crippen LogP contribution in [0.1, 0.15) is 32.6 Å². The first-order valence-electron chi connectivity index (χ1n) is 5.13. The largest absolute Gasteiger partial charge is 0.508 e.